The summed E-state index contributed by atoms with van der Waals surface area (Å²) in [6.45, 7) is 18.4. The number of aliphatic carboxylic acids is 2. The molecule has 0 aliphatic carbocycles. The van der Waals surface area contributed by atoms with E-state index in [2.05, 4.69) is 34.6 Å². The molecule has 0 aliphatic rings. The van der Waals surface area contributed by atoms with E-state index in [0.717, 1.165) is 6.08 Å². The maximum atomic E-state index is 10.8. The maximum absolute atomic E-state index is 10.8. The largest absolute Gasteiger partial charge is 1.00 e. The number of rotatable bonds is 11. The molecule has 0 aliphatic heterocycles. The zero-order valence-corrected chi connectivity index (χ0v) is 35.8. The first-order valence-corrected chi connectivity index (χ1v) is 13.1. The number of carboxylic acid groups (broad SMARTS) is 2. The topological polar surface area (TPSA) is 282 Å². The van der Waals surface area contributed by atoms with Crippen LogP contribution in [-0.2, 0) is 44.2 Å². The zero-order valence-electron chi connectivity index (χ0n) is 26.2. The minimum atomic E-state index is -5.17. The van der Waals surface area contributed by atoms with E-state index in [-0.39, 0.29) is 167 Å². The van der Waals surface area contributed by atoms with Crippen LogP contribution < -0.4 is 139 Å². The van der Waals surface area contributed by atoms with Gasteiger partial charge in [-0.05, 0) is 65.2 Å². The number of hydrogen-bond donors (Lipinski definition) is 3. The van der Waals surface area contributed by atoms with Crippen molar-refractivity contribution in [1.29, 1.82) is 0 Å². The molecule has 0 fully saturated rings. The van der Waals surface area contributed by atoms with Gasteiger partial charge in [-0.2, -0.15) is 8.42 Å². The molecule has 0 bridgehead atoms. The van der Waals surface area contributed by atoms with Crippen LogP contribution in [0.25, 0.3) is 0 Å². The van der Waals surface area contributed by atoms with Crippen molar-refractivity contribution in [2.24, 2.45) is 0 Å². The molecule has 0 rings (SSSR count). The summed E-state index contributed by atoms with van der Waals surface area (Å²) in [5.41, 5.74) is -1.08. The maximum Gasteiger partial charge on any atom is 1.00 e. The van der Waals surface area contributed by atoms with Gasteiger partial charge in [-0.15, -0.1) is 0 Å². The summed E-state index contributed by atoms with van der Waals surface area (Å²) in [6.07, 6.45) is 2.33. The smallest absolute Gasteiger partial charge is 0.759 e. The molecule has 2 amide bonds. The fourth-order valence-corrected chi connectivity index (χ4v) is 2.09. The number of carbonyl (C=O) groups excluding carboxylic acids is 4. The summed E-state index contributed by atoms with van der Waals surface area (Å²) in [5, 5.41) is 25.4. The van der Waals surface area contributed by atoms with Gasteiger partial charge in [0.25, 0.3) is 0 Å². The van der Waals surface area contributed by atoms with Crippen LogP contribution in [0.15, 0.2) is 37.5 Å². The van der Waals surface area contributed by atoms with Crippen LogP contribution >= 0.6 is 0 Å². The Labute approximate surface area is 342 Å². The first kappa shape index (κ1) is 62.6. The first-order valence-electron chi connectivity index (χ1n) is 10.4. The van der Waals surface area contributed by atoms with Gasteiger partial charge >= 0.3 is 129 Å². The van der Waals surface area contributed by atoms with Crippen molar-refractivity contribution >= 4 is 44.6 Å². The van der Waals surface area contributed by atoms with Crippen molar-refractivity contribution in [2.75, 3.05) is 6.61 Å². The summed E-state index contributed by atoms with van der Waals surface area (Å²) < 4.78 is 66.1. The summed E-state index contributed by atoms with van der Waals surface area (Å²) in [5.74, 6) is -3.08. The van der Waals surface area contributed by atoms with E-state index in [1.807, 2.05) is 20.8 Å². The summed E-state index contributed by atoms with van der Waals surface area (Å²) >= 11 is 0. The van der Waals surface area contributed by atoms with Crippen LogP contribution in [-0.4, -0.2) is 71.9 Å². The van der Waals surface area contributed by atoms with Crippen molar-refractivity contribution in [3.05, 3.63) is 37.5 Å². The number of carboxylic acids is 2. The average Bonchev–Trinajstić information content (AvgIpc) is 2.67. The molecule has 43 heavy (non-hydrogen) atoms. The third-order valence-corrected chi connectivity index (χ3v) is 3.53. The fourth-order valence-electron chi connectivity index (χ4n) is 1.76. The second-order valence-electron chi connectivity index (χ2n) is 8.72. The minimum absolute atomic E-state index is 0. The van der Waals surface area contributed by atoms with E-state index in [1.54, 1.807) is 13.8 Å². The molecule has 0 heterocycles. The SMILES string of the molecule is C=C(CCCOS(=O)(=O)O)C(=O)[O-].C=CC(=O)NC(C)(C)C.C=CC(=O)NC(C)(C)CC(=O)[O-].O=S(=O)([O-])[O-].[Na+].[Na+].[Na+].[Na+]. The molecule has 0 saturated heterocycles. The monoisotopic (exact) mass is 694 g/mol. The molecule has 0 atom stereocenters. The van der Waals surface area contributed by atoms with Crippen LogP contribution in [0.1, 0.15) is 53.9 Å². The molecule has 22 heteroatoms. The van der Waals surface area contributed by atoms with Gasteiger partial charge in [0.1, 0.15) is 0 Å². The molecule has 0 aromatic rings. The third-order valence-electron chi connectivity index (χ3n) is 3.06. The standard InChI is InChI=1S/C8H13NO3.C7H13NO.C6H10O6S.4Na.H2O4S/c1-4-6(10)9-8(2,3)5-7(11)12;1-5-6(9)8-7(2,3)4;1-5(6(7)8)3-2-4-12-13(9,10)11;;;;;1-5(2,3)4/h4H,1,5H2,2-3H3,(H,9,10)(H,11,12);5H,1H2,2-4H3,(H,8,9);1-4H2,(H,7,8)(H,9,10,11);;;;;(H2,1,2,3,4)/q;;;4*+1;/p-4. The average molecular weight is 695 g/mol. The number of nitrogens with one attached hydrogen (secondary N) is 2. The quantitative estimate of drug-likeness (QED) is 0.0596. The van der Waals surface area contributed by atoms with Gasteiger partial charge in [0, 0.05) is 33.9 Å². The van der Waals surface area contributed by atoms with E-state index in [0.29, 0.717) is 0 Å². The van der Waals surface area contributed by atoms with Gasteiger partial charge in [0.2, 0.25) is 11.8 Å². The molecule has 3 N–H and O–H groups in total. The van der Waals surface area contributed by atoms with Crippen LogP contribution in [0.4, 0.5) is 0 Å². The molecule has 16 nitrogen and oxygen atoms in total. The summed E-state index contributed by atoms with van der Waals surface area (Å²) in [7, 11) is -9.60. The normalized spacial score (nSPS) is 9.86. The first-order chi connectivity index (χ1) is 17.2. The molecule has 0 aromatic carbocycles. The molecule has 0 saturated carbocycles. The predicted molar refractivity (Wildman–Crippen MR) is 131 cm³/mol. The van der Waals surface area contributed by atoms with Crippen LogP contribution in [0.2, 0.25) is 0 Å². The number of hydrogen-bond acceptors (Lipinski definition) is 13. The molecular formula is C21H34N2Na4O14S2. The fraction of sp³-hybridized carbons (Fsp3) is 0.524. The summed E-state index contributed by atoms with van der Waals surface area (Å²) in [4.78, 5) is 41.6. The molecule has 0 unspecified atom stereocenters. The third kappa shape index (κ3) is 70.5. The van der Waals surface area contributed by atoms with E-state index >= 15 is 0 Å². The van der Waals surface area contributed by atoms with Crippen molar-refractivity contribution in [2.45, 2.75) is 65.0 Å². The van der Waals surface area contributed by atoms with Crippen LogP contribution in [0, 0.1) is 0 Å². The van der Waals surface area contributed by atoms with Crippen LogP contribution in [0.5, 0.6) is 0 Å². The van der Waals surface area contributed by atoms with E-state index in [4.69, 9.17) is 22.1 Å². The molecule has 0 spiro atoms. The molecule has 228 valence electrons. The Hall–Kier alpha value is 0.840. The Balaban J connectivity index is -0.0000000639. The summed E-state index contributed by atoms with van der Waals surface area (Å²) in [6, 6.07) is 0. The predicted octanol–water partition coefficient (Wildman–Crippen LogP) is -14.1. The van der Waals surface area contributed by atoms with Crippen molar-refractivity contribution in [3.63, 3.8) is 0 Å². The van der Waals surface area contributed by atoms with Gasteiger partial charge in [0.15, 0.2) is 0 Å². The van der Waals surface area contributed by atoms with Gasteiger partial charge in [-0.1, -0.05) is 19.7 Å². The van der Waals surface area contributed by atoms with E-state index < -0.39 is 38.3 Å². The van der Waals surface area contributed by atoms with E-state index in [1.165, 1.54) is 6.08 Å². The number of amides is 2. The molecule has 0 radical (unpaired) electrons. The Morgan fingerprint density at radius 1 is 0.837 bits per heavy atom. The van der Waals surface area contributed by atoms with Crippen molar-refractivity contribution in [1.82, 2.24) is 10.6 Å². The van der Waals surface area contributed by atoms with Crippen molar-refractivity contribution < 1.29 is 182 Å². The van der Waals surface area contributed by atoms with Crippen LogP contribution in [0.3, 0.4) is 0 Å². The van der Waals surface area contributed by atoms with Gasteiger partial charge in [-0.25, -0.2) is 4.18 Å². The second-order valence-corrected chi connectivity index (χ2v) is 10.6. The molecular weight excluding hydrogens is 660 g/mol. The Morgan fingerprint density at radius 3 is 1.42 bits per heavy atom. The Kier molecular flexibility index (Phi) is 45.8. The van der Waals surface area contributed by atoms with Gasteiger partial charge < -0.3 is 39.5 Å². The minimum Gasteiger partial charge on any atom is -0.759 e. The number of carbonyl (C=O) groups is 4. The second kappa shape index (κ2) is 31.4. The van der Waals surface area contributed by atoms with Crippen molar-refractivity contribution in [3.8, 4) is 0 Å². The van der Waals surface area contributed by atoms with Gasteiger partial charge in [0.05, 0.1) is 12.6 Å². The Morgan fingerprint density at radius 2 is 1.19 bits per heavy atom. The van der Waals surface area contributed by atoms with E-state index in [9.17, 15) is 37.8 Å². The Bertz CT molecular complexity index is 1070. The molecule has 0 aromatic heterocycles. The van der Waals surface area contributed by atoms with Gasteiger partial charge in [-0.3, -0.25) is 22.6 Å². The zero-order chi connectivity index (χ0) is 32.3.